The van der Waals surface area contributed by atoms with E-state index in [2.05, 4.69) is 14.8 Å². The summed E-state index contributed by atoms with van der Waals surface area (Å²) in [5.41, 5.74) is 5.28. The quantitative estimate of drug-likeness (QED) is 0.304. The van der Waals surface area contributed by atoms with Crippen LogP contribution in [0, 0.1) is 0 Å². The van der Waals surface area contributed by atoms with Gasteiger partial charge in [0.25, 0.3) is 0 Å². The van der Waals surface area contributed by atoms with E-state index in [-0.39, 0.29) is 18.0 Å². The van der Waals surface area contributed by atoms with Crippen molar-refractivity contribution in [1.82, 2.24) is 9.55 Å². The average Bonchev–Trinajstić information content (AvgIpc) is 3.11. The molecule has 0 saturated carbocycles. The van der Waals surface area contributed by atoms with E-state index in [4.69, 9.17) is 29.7 Å². The molecule has 4 rings (SSSR count). The number of hydrogen-bond acceptors (Lipinski definition) is 10. The zero-order valence-corrected chi connectivity index (χ0v) is 17.0. The van der Waals surface area contributed by atoms with Gasteiger partial charge in [-0.15, -0.1) is 0 Å². The van der Waals surface area contributed by atoms with Crippen LogP contribution in [0.4, 0.5) is 11.5 Å². The van der Waals surface area contributed by atoms with E-state index in [0.29, 0.717) is 30.3 Å². The molecule has 3 heterocycles. The first-order valence-electron chi connectivity index (χ1n) is 9.33. The SMILES string of the molecule is NCCOc1cccc2c1Nc1nc(=O)n([C@H]3C[C@@H](OP(=O)(O)O)[C@@H](CO)O3)cc1O2. The summed E-state index contributed by atoms with van der Waals surface area (Å²) in [5, 5.41) is 12.5. The number of fused-ring (bicyclic) bond motifs is 2. The lowest BCUT2D eigenvalue weighted by Crippen LogP contribution is -2.29. The third-order valence-electron chi connectivity index (χ3n) is 4.69. The molecule has 1 aromatic heterocycles. The Balaban J connectivity index is 1.60. The normalized spacial score (nSPS) is 22.3. The van der Waals surface area contributed by atoms with Gasteiger partial charge in [-0.05, 0) is 12.1 Å². The lowest BCUT2D eigenvalue weighted by atomic mass is 10.2. The third kappa shape index (κ3) is 4.57. The number of rotatable bonds is 7. The first kappa shape index (κ1) is 21.7. The number of nitrogens with zero attached hydrogens (tertiary/aromatic N) is 2. The van der Waals surface area contributed by atoms with Gasteiger partial charge in [-0.25, -0.2) is 9.36 Å². The number of nitrogens with two attached hydrogens (primary N) is 1. The molecule has 3 atom stereocenters. The molecule has 2 aliphatic heterocycles. The second kappa shape index (κ2) is 8.55. The van der Waals surface area contributed by atoms with Gasteiger partial charge in [0.15, 0.2) is 17.3 Å². The molecule has 1 fully saturated rings. The van der Waals surface area contributed by atoms with Gasteiger partial charge in [0, 0.05) is 13.0 Å². The Bertz CT molecular complexity index is 1070. The van der Waals surface area contributed by atoms with Gasteiger partial charge in [-0.2, -0.15) is 4.98 Å². The molecular formula is C17H21N4O9P. The van der Waals surface area contributed by atoms with Crippen molar-refractivity contribution in [2.75, 3.05) is 25.1 Å². The molecule has 6 N–H and O–H groups in total. The molecule has 0 radical (unpaired) electrons. The van der Waals surface area contributed by atoms with Crippen LogP contribution in [-0.4, -0.2) is 56.4 Å². The Kier molecular flexibility index (Phi) is 5.99. The Morgan fingerprint density at radius 2 is 2.16 bits per heavy atom. The van der Waals surface area contributed by atoms with Crippen molar-refractivity contribution in [1.29, 1.82) is 0 Å². The molecule has 0 bridgehead atoms. The first-order chi connectivity index (χ1) is 14.8. The molecule has 0 aliphatic carbocycles. The van der Waals surface area contributed by atoms with Crippen LogP contribution in [0.25, 0.3) is 0 Å². The molecule has 2 aromatic rings. The number of ether oxygens (including phenoxy) is 3. The second-order valence-corrected chi connectivity index (χ2v) is 8.01. The number of aliphatic hydroxyl groups is 1. The fraction of sp³-hybridized carbons (Fsp3) is 0.412. The number of aromatic nitrogens is 2. The Morgan fingerprint density at radius 3 is 2.87 bits per heavy atom. The van der Waals surface area contributed by atoms with Crippen molar-refractivity contribution in [3.63, 3.8) is 0 Å². The number of aliphatic hydroxyl groups excluding tert-OH is 1. The molecule has 14 heteroatoms. The second-order valence-electron chi connectivity index (χ2n) is 6.82. The van der Waals surface area contributed by atoms with E-state index < -0.39 is 38.6 Å². The van der Waals surface area contributed by atoms with E-state index in [9.17, 15) is 14.5 Å². The van der Waals surface area contributed by atoms with E-state index in [1.807, 2.05) is 0 Å². The highest BCUT2D eigenvalue weighted by Gasteiger charge is 2.41. The van der Waals surface area contributed by atoms with Crippen LogP contribution in [0.15, 0.2) is 29.2 Å². The van der Waals surface area contributed by atoms with Gasteiger partial charge < -0.3 is 40.2 Å². The van der Waals surface area contributed by atoms with Gasteiger partial charge in [-0.1, -0.05) is 6.07 Å². The predicted molar refractivity (Wildman–Crippen MR) is 105 cm³/mol. The standard InChI is InChI=1S/C17H21N4O9P/c18-4-5-27-9-2-1-3-10-15(9)19-16-12(28-10)7-21(17(23)20-16)14-6-11(13(8-22)29-14)30-31(24,25)26/h1-3,7,11,13-14,22H,4-6,8,18H2,(H,19,20,23)(H2,24,25,26)/t11-,13-,14-/m1/s1. The van der Waals surface area contributed by atoms with E-state index in [0.717, 1.165) is 4.57 Å². The van der Waals surface area contributed by atoms with E-state index in [1.54, 1.807) is 18.2 Å². The molecule has 0 amide bonds. The highest BCUT2D eigenvalue weighted by atomic mass is 31.2. The minimum Gasteiger partial charge on any atom is -0.490 e. The molecule has 13 nitrogen and oxygen atoms in total. The van der Waals surface area contributed by atoms with E-state index in [1.165, 1.54) is 6.20 Å². The molecule has 2 aliphatic rings. The monoisotopic (exact) mass is 456 g/mol. The van der Waals surface area contributed by atoms with Crippen LogP contribution in [0.2, 0.25) is 0 Å². The minimum atomic E-state index is -4.81. The lowest BCUT2D eigenvalue weighted by Gasteiger charge is -2.24. The maximum Gasteiger partial charge on any atom is 0.469 e. The van der Waals surface area contributed by atoms with Crippen molar-refractivity contribution >= 4 is 19.3 Å². The molecule has 0 spiro atoms. The largest absolute Gasteiger partial charge is 0.490 e. The smallest absolute Gasteiger partial charge is 0.469 e. The summed E-state index contributed by atoms with van der Waals surface area (Å²) in [6.07, 6.45) is -1.82. The summed E-state index contributed by atoms with van der Waals surface area (Å²) in [6, 6.07) is 5.16. The minimum absolute atomic E-state index is 0.0855. The summed E-state index contributed by atoms with van der Waals surface area (Å²) in [7, 11) is -4.81. The lowest BCUT2D eigenvalue weighted by molar-refractivity contribution is -0.0453. The summed E-state index contributed by atoms with van der Waals surface area (Å²) < 4.78 is 34.0. The van der Waals surface area contributed by atoms with Crippen LogP contribution >= 0.6 is 7.82 Å². The van der Waals surface area contributed by atoms with Crippen molar-refractivity contribution in [3.8, 4) is 17.2 Å². The highest BCUT2D eigenvalue weighted by molar-refractivity contribution is 7.46. The van der Waals surface area contributed by atoms with Crippen molar-refractivity contribution in [2.24, 2.45) is 5.73 Å². The van der Waals surface area contributed by atoms with Gasteiger partial charge in [0.2, 0.25) is 0 Å². The van der Waals surface area contributed by atoms with Gasteiger partial charge in [0.05, 0.1) is 12.8 Å². The Labute approximate surface area is 175 Å². The molecule has 1 saturated heterocycles. The number of anilines is 2. The van der Waals surface area contributed by atoms with Crippen molar-refractivity contribution in [3.05, 3.63) is 34.9 Å². The fourth-order valence-corrected chi connectivity index (χ4v) is 3.96. The maximum absolute atomic E-state index is 12.6. The third-order valence-corrected chi connectivity index (χ3v) is 5.23. The molecule has 1 aromatic carbocycles. The molecule has 31 heavy (non-hydrogen) atoms. The Morgan fingerprint density at radius 1 is 1.35 bits per heavy atom. The average molecular weight is 456 g/mol. The van der Waals surface area contributed by atoms with Gasteiger partial charge >= 0.3 is 13.5 Å². The highest BCUT2D eigenvalue weighted by Crippen LogP contribution is 2.46. The maximum atomic E-state index is 12.6. The summed E-state index contributed by atoms with van der Waals surface area (Å²) in [6.45, 7) is 0.0707. The van der Waals surface area contributed by atoms with Crippen molar-refractivity contribution in [2.45, 2.75) is 24.9 Å². The molecule has 0 unspecified atom stereocenters. The number of hydrogen-bond donors (Lipinski definition) is 5. The number of nitrogens with one attached hydrogen (secondary N) is 1. The number of phosphoric ester groups is 1. The van der Waals surface area contributed by atoms with Crippen LogP contribution < -0.4 is 26.2 Å². The summed E-state index contributed by atoms with van der Waals surface area (Å²) in [5.74, 6) is 1.32. The van der Waals surface area contributed by atoms with Gasteiger partial charge in [-0.3, -0.25) is 9.09 Å². The summed E-state index contributed by atoms with van der Waals surface area (Å²) in [4.78, 5) is 34.7. The van der Waals surface area contributed by atoms with Crippen molar-refractivity contribution < 1.29 is 38.2 Å². The molecular weight excluding hydrogens is 435 g/mol. The Hall–Kier alpha value is -2.51. The predicted octanol–water partition coefficient (Wildman–Crippen LogP) is 0.188. The topological polar surface area (TPSA) is 188 Å². The van der Waals surface area contributed by atoms with E-state index >= 15 is 0 Å². The van der Waals surface area contributed by atoms with Crippen LogP contribution in [0.3, 0.4) is 0 Å². The van der Waals surface area contributed by atoms with Gasteiger partial charge in [0.1, 0.15) is 36.5 Å². The zero-order chi connectivity index (χ0) is 22.2. The first-order valence-corrected chi connectivity index (χ1v) is 10.9. The fourth-order valence-electron chi connectivity index (χ4n) is 3.39. The number of phosphoric acid groups is 1. The number of para-hydroxylation sites is 1. The summed E-state index contributed by atoms with van der Waals surface area (Å²) >= 11 is 0. The molecule has 168 valence electrons. The van der Waals surface area contributed by atoms with Crippen LogP contribution in [-0.2, 0) is 13.8 Å². The van der Waals surface area contributed by atoms with Crippen LogP contribution in [0.1, 0.15) is 12.6 Å². The van der Waals surface area contributed by atoms with Crippen LogP contribution in [0.5, 0.6) is 17.2 Å². The zero-order valence-electron chi connectivity index (χ0n) is 16.1. The number of benzene rings is 1.